The minimum absolute atomic E-state index is 0.0123. The second-order valence-electron chi connectivity index (χ2n) is 6.16. The first-order valence-corrected chi connectivity index (χ1v) is 8.98. The molecule has 3 rings (SSSR count). The Morgan fingerprint density at radius 2 is 2.03 bits per heavy atom. The summed E-state index contributed by atoms with van der Waals surface area (Å²) in [7, 11) is 3.02. The molecule has 2 heterocycles. The van der Waals surface area contributed by atoms with Gasteiger partial charge in [0, 0.05) is 18.8 Å². The fraction of sp³-hybridized carbons (Fsp3) is 0.143. The summed E-state index contributed by atoms with van der Waals surface area (Å²) in [6.07, 6.45) is 3.13. The van der Waals surface area contributed by atoms with Gasteiger partial charge in [-0.1, -0.05) is 30.3 Å². The molecule has 0 unspecified atom stereocenters. The summed E-state index contributed by atoms with van der Waals surface area (Å²) in [6, 6.07) is 7.92. The number of carbonyl (C=O) groups is 1. The van der Waals surface area contributed by atoms with E-state index in [9.17, 15) is 9.18 Å². The Balaban J connectivity index is 2.28. The second-order valence-corrected chi connectivity index (χ2v) is 6.57. The van der Waals surface area contributed by atoms with Gasteiger partial charge in [0.05, 0.1) is 17.7 Å². The van der Waals surface area contributed by atoms with Gasteiger partial charge in [-0.05, 0) is 36.8 Å². The first kappa shape index (κ1) is 20.4. The molecule has 0 aliphatic heterocycles. The van der Waals surface area contributed by atoms with Crippen LogP contribution >= 0.6 is 11.6 Å². The zero-order chi connectivity index (χ0) is 21.1. The molecule has 29 heavy (non-hydrogen) atoms. The fourth-order valence-corrected chi connectivity index (χ4v) is 2.96. The van der Waals surface area contributed by atoms with E-state index in [4.69, 9.17) is 16.3 Å². The van der Waals surface area contributed by atoms with Crippen LogP contribution in [0.3, 0.4) is 0 Å². The number of halogens is 2. The van der Waals surface area contributed by atoms with Crippen molar-refractivity contribution in [2.45, 2.75) is 6.92 Å². The quantitative estimate of drug-likeness (QED) is 0.559. The highest BCUT2D eigenvalue weighted by Gasteiger charge is 2.23. The number of carbonyl (C=O) groups excluding carboxylic acids is 1. The van der Waals surface area contributed by atoms with Gasteiger partial charge in [-0.3, -0.25) is 0 Å². The molecule has 0 fully saturated rings. The minimum Gasteiger partial charge on any atom is -0.464 e. The zero-order valence-corrected chi connectivity index (χ0v) is 16.9. The van der Waals surface area contributed by atoms with Gasteiger partial charge < -0.3 is 9.64 Å². The highest BCUT2D eigenvalue weighted by molar-refractivity contribution is 6.30. The summed E-state index contributed by atoms with van der Waals surface area (Å²) in [4.78, 5) is 27.4. The standard InChI is InChI=1S/C21H18ClFN4O2/c1-5-14-17(21(28)29-4)25-18(13-8-9-15(22)16(23)11-13)26-20(14)27(3)19-12(2)7-6-10-24-19/h5-11H,1H2,2-4H3. The normalized spacial score (nSPS) is 10.5. The summed E-state index contributed by atoms with van der Waals surface area (Å²) in [5.41, 5.74) is 1.66. The molecule has 0 spiro atoms. The number of esters is 1. The number of rotatable bonds is 5. The van der Waals surface area contributed by atoms with Gasteiger partial charge in [0.2, 0.25) is 0 Å². The lowest BCUT2D eigenvalue weighted by molar-refractivity contribution is 0.0593. The smallest absolute Gasteiger partial charge is 0.357 e. The molecular weight excluding hydrogens is 395 g/mol. The number of hydrogen-bond donors (Lipinski definition) is 0. The summed E-state index contributed by atoms with van der Waals surface area (Å²) in [5, 5.41) is -0.0221. The zero-order valence-electron chi connectivity index (χ0n) is 16.1. The van der Waals surface area contributed by atoms with Crippen molar-refractivity contribution in [2.24, 2.45) is 0 Å². The Morgan fingerprint density at radius 3 is 2.66 bits per heavy atom. The van der Waals surface area contributed by atoms with Crippen LogP contribution in [0, 0.1) is 12.7 Å². The first-order valence-electron chi connectivity index (χ1n) is 8.61. The maximum atomic E-state index is 14.0. The maximum absolute atomic E-state index is 14.0. The van der Waals surface area contributed by atoms with Crippen LogP contribution < -0.4 is 4.90 Å². The Hall–Kier alpha value is -3.32. The molecule has 0 bridgehead atoms. The van der Waals surface area contributed by atoms with Crippen molar-refractivity contribution in [1.82, 2.24) is 15.0 Å². The molecule has 0 amide bonds. The Bertz CT molecular complexity index is 1100. The SMILES string of the molecule is C=Cc1c(C(=O)OC)nc(-c2ccc(Cl)c(F)c2)nc1N(C)c1ncccc1C. The summed E-state index contributed by atoms with van der Waals surface area (Å²) in [5.74, 6) is -0.121. The van der Waals surface area contributed by atoms with E-state index in [0.717, 1.165) is 5.56 Å². The van der Waals surface area contributed by atoms with Crippen LogP contribution in [0.4, 0.5) is 16.0 Å². The highest BCUT2D eigenvalue weighted by Crippen LogP contribution is 2.31. The van der Waals surface area contributed by atoms with Crippen LogP contribution in [0.1, 0.15) is 21.6 Å². The number of aryl methyl sites for hydroxylation is 1. The van der Waals surface area contributed by atoms with E-state index in [1.165, 1.54) is 25.3 Å². The highest BCUT2D eigenvalue weighted by atomic mass is 35.5. The van der Waals surface area contributed by atoms with Crippen molar-refractivity contribution in [2.75, 3.05) is 19.1 Å². The second kappa shape index (κ2) is 8.36. The number of anilines is 2. The lowest BCUT2D eigenvalue weighted by Gasteiger charge is -2.22. The van der Waals surface area contributed by atoms with E-state index in [0.29, 0.717) is 22.8 Å². The third-order valence-corrected chi connectivity index (χ3v) is 4.61. The molecule has 1 aromatic carbocycles. The number of hydrogen-bond acceptors (Lipinski definition) is 6. The molecule has 0 saturated carbocycles. The minimum atomic E-state index is -0.662. The molecule has 0 atom stereocenters. The van der Waals surface area contributed by atoms with E-state index in [1.54, 1.807) is 24.2 Å². The predicted octanol–water partition coefficient (Wildman–Crippen LogP) is 4.84. The topological polar surface area (TPSA) is 68.2 Å². The van der Waals surface area contributed by atoms with E-state index in [2.05, 4.69) is 21.5 Å². The molecule has 2 aromatic heterocycles. The number of ether oxygens (including phenoxy) is 1. The van der Waals surface area contributed by atoms with Crippen LogP contribution in [0.25, 0.3) is 17.5 Å². The summed E-state index contributed by atoms with van der Waals surface area (Å²) < 4.78 is 18.9. The molecule has 3 aromatic rings. The van der Waals surface area contributed by atoms with Gasteiger partial charge >= 0.3 is 5.97 Å². The average Bonchev–Trinajstić information content (AvgIpc) is 2.74. The van der Waals surface area contributed by atoms with E-state index in [1.807, 2.05) is 19.1 Å². The van der Waals surface area contributed by atoms with Crippen LogP contribution in [-0.2, 0) is 4.74 Å². The molecule has 148 valence electrons. The summed E-state index contributed by atoms with van der Waals surface area (Å²) in [6.45, 7) is 5.69. The average molecular weight is 413 g/mol. The number of pyridine rings is 1. The van der Waals surface area contributed by atoms with Crippen molar-refractivity contribution in [3.05, 3.63) is 70.8 Å². The molecule has 8 heteroatoms. The monoisotopic (exact) mass is 412 g/mol. The molecule has 0 N–H and O–H groups in total. The van der Waals surface area contributed by atoms with E-state index in [-0.39, 0.29) is 16.5 Å². The molecular formula is C21H18ClFN4O2. The van der Waals surface area contributed by atoms with Crippen LogP contribution in [0.5, 0.6) is 0 Å². The molecule has 0 aliphatic rings. The number of methoxy groups -OCH3 is 1. The van der Waals surface area contributed by atoms with Gasteiger partial charge in [-0.2, -0.15) is 0 Å². The first-order chi connectivity index (χ1) is 13.9. The largest absolute Gasteiger partial charge is 0.464 e. The van der Waals surface area contributed by atoms with Crippen LogP contribution in [-0.4, -0.2) is 35.1 Å². The van der Waals surface area contributed by atoms with Crippen LogP contribution in [0.15, 0.2) is 43.1 Å². The van der Waals surface area contributed by atoms with Crippen molar-refractivity contribution in [1.29, 1.82) is 0 Å². The van der Waals surface area contributed by atoms with Gasteiger partial charge in [-0.15, -0.1) is 0 Å². The van der Waals surface area contributed by atoms with Crippen molar-refractivity contribution in [3.8, 4) is 11.4 Å². The van der Waals surface area contributed by atoms with Crippen molar-refractivity contribution < 1.29 is 13.9 Å². The van der Waals surface area contributed by atoms with Gasteiger partial charge in [-0.25, -0.2) is 24.1 Å². The number of benzene rings is 1. The van der Waals surface area contributed by atoms with Crippen molar-refractivity contribution in [3.63, 3.8) is 0 Å². The molecule has 0 radical (unpaired) electrons. The predicted molar refractivity (Wildman–Crippen MR) is 111 cm³/mol. The third kappa shape index (κ3) is 3.95. The number of aromatic nitrogens is 3. The Morgan fingerprint density at radius 1 is 1.28 bits per heavy atom. The third-order valence-electron chi connectivity index (χ3n) is 4.30. The lowest BCUT2D eigenvalue weighted by atomic mass is 10.1. The molecule has 6 nitrogen and oxygen atoms in total. The van der Waals surface area contributed by atoms with Gasteiger partial charge in [0.15, 0.2) is 11.5 Å². The number of nitrogens with zero attached hydrogens (tertiary/aromatic N) is 4. The Labute approximate surface area is 172 Å². The molecule has 0 aliphatic carbocycles. The molecule has 0 saturated heterocycles. The summed E-state index contributed by atoms with van der Waals surface area (Å²) >= 11 is 5.78. The van der Waals surface area contributed by atoms with Crippen molar-refractivity contribution >= 4 is 35.3 Å². The maximum Gasteiger partial charge on any atom is 0.357 e. The van der Waals surface area contributed by atoms with Gasteiger partial charge in [0.25, 0.3) is 0 Å². The lowest BCUT2D eigenvalue weighted by Crippen LogP contribution is -2.19. The van der Waals surface area contributed by atoms with E-state index < -0.39 is 11.8 Å². The van der Waals surface area contributed by atoms with Gasteiger partial charge in [0.1, 0.15) is 17.5 Å². The van der Waals surface area contributed by atoms with E-state index >= 15 is 0 Å². The van der Waals surface area contributed by atoms with Crippen LogP contribution in [0.2, 0.25) is 5.02 Å². The Kier molecular flexibility index (Phi) is 5.89. The fourth-order valence-electron chi connectivity index (χ4n) is 2.85.